The number of rotatable bonds is 7. The van der Waals surface area contributed by atoms with E-state index in [2.05, 4.69) is 23.2 Å². The maximum atomic E-state index is 12.5. The summed E-state index contributed by atoms with van der Waals surface area (Å²) in [4.78, 5) is 0. The minimum Gasteiger partial charge on any atom is -0.317 e. The molecule has 0 aromatic rings. The van der Waals surface area contributed by atoms with Crippen molar-refractivity contribution in [2.45, 2.75) is 50.3 Å². The molecule has 2 aliphatic rings. The summed E-state index contributed by atoms with van der Waals surface area (Å²) >= 11 is 1.78. The standard InChI is InChI=1S/C14H29N3O2S2/c1-3-15-11-12-7-9-17(10-8-12)21(18,19)16-13-5-4-6-14(13)20-2/h12-16H,3-11H2,1-2H3. The Labute approximate surface area is 133 Å². The molecule has 0 aromatic heterocycles. The zero-order chi connectivity index (χ0) is 15.3. The molecule has 21 heavy (non-hydrogen) atoms. The van der Waals surface area contributed by atoms with E-state index in [4.69, 9.17) is 0 Å². The van der Waals surface area contributed by atoms with E-state index in [1.54, 1.807) is 16.1 Å². The Balaban J connectivity index is 1.83. The Morgan fingerprint density at radius 2 is 1.90 bits per heavy atom. The SMILES string of the molecule is CCNCC1CCN(S(=O)(=O)NC2CCCC2SC)CC1. The lowest BCUT2D eigenvalue weighted by atomic mass is 9.98. The first-order valence-corrected chi connectivity index (χ1v) is 10.8. The number of piperidine rings is 1. The highest BCUT2D eigenvalue weighted by Crippen LogP contribution is 2.29. The van der Waals surface area contributed by atoms with E-state index < -0.39 is 10.2 Å². The maximum Gasteiger partial charge on any atom is 0.279 e. The van der Waals surface area contributed by atoms with E-state index in [0.29, 0.717) is 24.3 Å². The highest BCUT2D eigenvalue weighted by Gasteiger charge is 2.34. The molecule has 2 atom stereocenters. The van der Waals surface area contributed by atoms with Crippen LogP contribution in [0.3, 0.4) is 0 Å². The largest absolute Gasteiger partial charge is 0.317 e. The van der Waals surface area contributed by atoms with Crippen molar-refractivity contribution < 1.29 is 8.42 Å². The Bertz CT molecular complexity index is 408. The molecule has 0 aromatic carbocycles. The van der Waals surface area contributed by atoms with Crippen LogP contribution < -0.4 is 10.0 Å². The molecule has 7 heteroatoms. The quantitative estimate of drug-likeness (QED) is 0.739. The zero-order valence-corrected chi connectivity index (χ0v) is 14.8. The number of hydrogen-bond acceptors (Lipinski definition) is 4. The van der Waals surface area contributed by atoms with Gasteiger partial charge in [0.15, 0.2) is 0 Å². The summed E-state index contributed by atoms with van der Waals surface area (Å²) in [5.41, 5.74) is 0. The molecule has 0 spiro atoms. The zero-order valence-electron chi connectivity index (χ0n) is 13.2. The number of thioether (sulfide) groups is 1. The smallest absolute Gasteiger partial charge is 0.279 e. The van der Waals surface area contributed by atoms with Crippen molar-refractivity contribution in [1.29, 1.82) is 0 Å². The van der Waals surface area contributed by atoms with Gasteiger partial charge in [-0.05, 0) is 50.9 Å². The van der Waals surface area contributed by atoms with Crippen LogP contribution in [-0.2, 0) is 10.2 Å². The summed E-state index contributed by atoms with van der Waals surface area (Å²) in [6, 6.07) is 0.115. The fraction of sp³-hybridized carbons (Fsp3) is 1.00. The molecule has 2 fully saturated rings. The molecule has 1 aliphatic carbocycles. The summed E-state index contributed by atoms with van der Waals surface area (Å²) in [5.74, 6) is 0.613. The molecule has 1 saturated heterocycles. The Morgan fingerprint density at radius 1 is 1.19 bits per heavy atom. The van der Waals surface area contributed by atoms with Crippen molar-refractivity contribution in [1.82, 2.24) is 14.3 Å². The Hall–Kier alpha value is 0.180. The average Bonchev–Trinajstić information content (AvgIpc) is 2.92. The fourth-order valence-electron chi connectivity index (χ4n) is 3.31. The van der Waals surface area contributed by atoms with Crippen LogP contribution in [0.5, 0.6) is 0 Å². The van der Waals surface area contributed by atoms with Gasteiger partial charge in [0, 0.05) is 24.4 Å². The number of nitrogens with one attached hydrogen (secondary N) is 2. The molecule has 1 saturated carbocycles. The fourth-order valence-corrected chi connectivity index (χ4v) is 5.84. The summed E-state index contributed by atoms with van der Waals surface area (Å²) < 4.78 is 29.6. The minimum atomic E-state index is -3.30. The lowest BCUT2D eigenvalue weighted by Gasteiger charge is -2.32. The van der Waals surface area contributed by atoms with Crippen molar-refractivity contribution in [3.05, 3.63) is 0 Å². The average molecular weight is 336 g/mol. The molecular formula is C14H29N3O2S2. The second kappa shape index (κ2) is 8.15. The van der Waals surface area contributed by atoms with Crippen LogP contribution in [0.25, 0.3) is 0 Å². The van der Waals surface area contributed by atoms with Gasteiger partial charge in [-0.1, -0.05) is 13.3 Å². The van der Waals surface area contributed by atoms with Crippen LogP contribution in [0.4, 0.5) is 0 Å². The predicted molar refractivity (Wildman–Crippen MR) is 89.8 cm³/mol. The first-order chi connectivity index (χ1) is 10.1. The molecule has 5 nitrogen and oxygen atoms in total. The monoisotopic (exact) mass is 335 g/mol. The summed E-state index contributed by atoms with van der Waals surface area (Å²) in [5, 5.41) is 3.79. The van der Waals surface area contributed by atoms with Gasteiger partial charge in [0.25, 0.3) is 10.2 Å². The van der Waals surface area contributed by atoms with Crippen molar-refractivity contribution in [2.24, 2.45) is 5.92 Å². The van der Waals surface area contributed by atoms with Gasteiger partial charge in [0.2, 0.25) is 0 Å². The molecule has 0 amide bonds. The van der Waals surface area contributed by atoms with Crippen LogP contribution >= 0.6 is 11.8 Å². The molecule has 124 valence electrons. The van der Waals surface area contributed by atoms with Crippen molar-refractivity contribution in [3.63, 3.8) is 0 Å². The highest BCUT2D eigenvalue weighted by molar-refractivity contribution is 7.99. The van der Waals surface area contributed by atoms with Crippen molar-refractivity contribution in [2.75, 3.05) is 32.4 Å². The second-order valence-electron chi connectivity index (χ2n) is 6.08. The van der Waals surface area contributed by atoms with Crippen molar-refractivity contribution in [3.8, 4) is 0 Å². The van der Waals surface area contributed by atoms with Crippen LogP contribution in [-0.4, -0.2) is 56.4 Å². The first kappa shape index (κ1) is 17.5. The van der Waals surface area contributed by atoms with E-state index in [9.17, 15) is 8.42 Å². The van der Waals surface area contributed by atoms with Crippen LogP contribution in [0.1, 0.15) is 39.0 Å². The van der Waals surface area contributed by atoms with Gasteiger partial charge in [0.1, 0.15) is 0 Å². The van der Waals surface area contributed by atoms with Crippen LogP contribution in [0, 0.1) is 5.92 Å². The molecule has 2 unspecified atom stereocenters. The summed E-state index contributed by atoms with van der Waals surface area (Å²) in [6.45, 7) is 5.41. The van der Waals surface area contributed by atoms with E-state index in [1.165, 1.54) is 0 Å². The van der Waals surface area contributed by atoms with E-state index in [-0.39, 0.29) is 6.04 Å². The van der Waals surface area contributed by atoms with E-state index in [1.807, 2.05) is 0 Å². The number of hydrogen-bond donors (Lipinski definition) is 2. The van der Waals surface area contributed by atoms with Gasteiger partial charge < -0.3 is 5.32 Å². The predicted octanol–water partition coefficient (Wildman–Crippen LogP) is 1.43. The highest BCUT2D eigenvalue weighted by atomic mass is 32.2. The van der Waals surface area contributed by atoms with Gasteiger partial charge >= 0.3 is 0 Å². The van der Waals surface area contributed by atoms with Crippen molar-refractivity contribution >= 4 is 22.0 Å². The molecule has 0 bridgehead atoms. The van der Waals surface area contributed by atoms with E-state index in [0.717, 1.165) is 45.2 Å². The summed E-state index contributed by atoms with van der Waals surface area (Å²) in [6.07, 6.45) is 7.22. The third-order valence-corrected chi connectivity index (χ3v) is 7.47. The van der Waals surface area contributed by atoms with Gasteiger partial charge in [-0.3, -0.25) is 0 Å². The van der Waals surface area contributed by atoms with Gasteiger partial charge in [-0.25, -0.2) is 0 Å². The first-order valence-electron chi connectivity index (χ1n) is 8.07. The molecular weight excluding hydrogens is 306 g/mol. The van der Waals surface area contributed by atoms with Crippen LogP contribution in [0.2, 0.25) is 0 Å². The van der Waals surface area contributed by atoms with Gasteiger partial charge in [-0.2, -0.15) is 29.2 Å². The second-order valence-corrected chi connectivity index (χ2v) is 8.86. The molecule has 2 rings (SSSR count). The number of nitrogens with zero attached hydrogens (tertiary/aromatic N) is 1. The third kappa shape index (κ3) is 4.82. The Morgan fingerprint density at radius 3 is 2.52 bits per heavy atom. The molecule has 1 heterocycles. The Kier molecular flexibility index (Phi) is 6.80. The molecule has 2 N–H and O–H groups in total. The minimum absolute atomic E-state index is 0.115. The maximum absolute atomic E-state index is 12.5. The van der Waals surface area contributed by atoms with Crippen LogP contribution in [0.15, 0.2) is 0 Å². The summed E-state index contributed by atoms with van der Waals surface area (Å²) in [7, 11) is -3.30. The van der Waals surface area contributed by atoms with E-state index >= 15 is 0 Å². The third-order valence-electron chi connectivity index (χ3n) is 4.65. The lowest BCUT2D eigenvalue weighted by molar-refractivity contribution is 0.265. The normalized spacial score (nSPS) is 29.0. The lowest BCUT2D eigenvalue weighted by Crippen LogP contribution is -2.50. The topological polar surface area (TPSA) is 61.4 Å². The van der Waals surface area contributed by atoms with Gasteiger partial charge in [-0.15, -0.1) is 0 Å². The van der Waals surface area contributed by atoms with Gasteiger partial charge in [0.05, 0.1) is 0 Å². The molecule has 1 aliphatic heterocycles. The molecule has 0 radical (unpaired) electrons.